The number of hydrogen-bond acceptors (Lipinski definition) is 4. The van der Waals surface area contributed by atoms with Crippen molar-refractivity contribution in [3.63, 3.8) is 0 Å². The molecule has 4 nitrogen and oxygen atoms in total. The van der Waals surface area contributed by atoms with E-state index in [2.05, 4.69) is 27.1 Å². The standard InChI is InChI=1S/C19H18Cl2N4S/c1-22-19-25(23-11-13-4-7-15(8-5-13)24(2)3)18(12-26-19)16-9-6-14(20)10-17(16)21/h4-12H,1-3H3. The van der Waals surface area contributed by atoms with E-state index in [4.69, 9.17) is 23.2 Å². The third-order valence-corrected chi connectivity index (χ3v) is 5.27. The first-order valence-corrected chi connectivity index (χ1v) is 9.53. The molecular weight excluding hydrogens is 387 g/mol. The molecule has 0 unspecified atom stereocenters. The Hall–Kier alpha value is -2.08. The number of aromatic nitrogens is 1. The maximum absolute atomic E-state index is 6.37. The summed E-state index contributed by atoms with van der Waals surface area (Å²) in [5.74, 6) is 0. The first-order valence-electron chi connectivity index (χ1n) is 7.90. The van der Waals surface area contributed by atoms with Gasteiger partial charge in [-0.05, 0) is 35.9 Å². The van der Waals surface area contributed by atoms with Gasteiger partial charge < -0.3 is 4.90 Å². The van der Waals surface area contributed by atoms with Crippen molar-refractivity contribution >= 4 is 46.4 Å². The lowest BCUT2D eigenvalue weighted by molar-refractivity contribution is 0.848. The van der Waals surface area contributed by atoms with Gasteiger partial charge in [0.25, 0.3) is 0 Å². The summed E-state index contributed by atoms with van der Waals surface area (Å²) >= 11 is 13.9. The van der Waals surface area contributed by atoms with E-state index in [1.54, 1.807) is 17.8 Å². The molecule has 0 aliphatic rings. The quantitative estimate of drug-likeness (QED) is 0.562. The van der Waals surface area contributed by atoms with Gasteiger partial charge in [-0.3, -0.25) is 4.99 Å². The number of anilines is 1. The van der Waals surface area contributed by atoms with E-state index < -0.39 is 0 Å². The first-order chi connectivity index (χ1) is 12.5. The molecule has 7 heteroatoms. The third kappa shape index (κ3) is 4.01. The normalized spacial score (nSPS) is 12.1. The van der Waals surface area contributed by atoms with E-state index in [0.29, 0.717) is 10.0 Å². The van der Waals surface area contributed by atoms with Crippen LogP contribution in [0.15, 0.2) is 57.9 Å². The lowest BCUT2D eigenvalue weighted by Gasteiger charge is -2.11. The molecule has 26 heavy (non-hydrogen) atoms. The molecule has 134 valence electrons. The van der Waals surface area contributed by atoms with Crippen molar-refractivity contribution in [2.75, 3.05) is 26.0 Å². The predicted molar refractivity (Wildman–Crippen MR) is 113 cm³/mol. The van der Waals surface area contributed by atoms with Crippen LogP contribution in [0.5, 0.6) is 0 Å². The minimum Gasteiger partial charge on any atom is -0.378 e. The van der Waals surface area contributed by atoms with Gasteiger partial charge in [-0.1, -0.05) is 35.3 Å². The van der Waals surface area contributed by atoms with E-state index in [9.17, 15) is 0 Å². The van der Waals surface area contributed by atoms with E-state index in [0.717, 1.165) is 27.3 Å². The predicted octanol–water partition coefficient (Wildman–Crippen LogP) is 5.00. The topological polar surface area (TPSA) is 32.9 Å². The monoisotopic (exact) mass is 404 g/mol. The Morgan fingerprint density at radius 1 is 1.08 bits per heavy atom. The zero-order valence-electron chi connectivity index (χ0n) is 14.6. The van der Waals surface area contributed by atoms with Gasteiger partial charge in [0.2, 0.25) is 4.80 Å². The highest BCUT2D eigenvalue weighted by molar-refractivity contribution is 7.07. The van der Waals surface area contributed by atoms with Crippen molar-refractivity contribution in [1.82, 2.24) is 4.68 Å². The first kappa shape index (κ1) is 18.7. The molecule has 2 aromatic carbocycles. The molecule has 0 bridgehead atoms. The maximum Gasteiger partial charge on any atom is 0.205 e. The van der Waals surface area contributed by atoms with Crippen molar-refractivity contribution in [3.05, 3.63) is 68.3 Å². The van der Waals surface area contributed by atoms with E-state index in [1.807, 2.05) is 50.0 Å². The minimum atomic E-state index is 0.581. The lowest BCUT2D eigenvalue weighted by Crippen LogP contribution is -2.11. The molecular formula is C19H18Cl2N4S. The van der Waals surface area contributed by atoms with E-state index in [-0.39, 0.29) is 0 Å². The van der Waals surface area contributed by atoms with Crippen LogP contribution in [0.1, 0.15) is 5.56 Å². The van der Waals surface area contributed by atoms with Crippen molar-refractivity contribution in [1.29, 1.82) is 0 Å². The van der Waals surface area contributed by atoms with E-state index >= 15 is 0 Å². The summed E-state index contributed by atoms with van der Waals surface area (Å²) in [5, 5.41) is 7.80. The maximum atomic E-state index is 6.37. The average molecular weight is 405 g/mol. The summed E-state index contributed by atoms with van der Waals surface area (Å²) in [5.41, 5.74) is 3.88. The second-order valence-electron chi connectivity index (χ2n) is 5.79. The van der Waals surface area contributed by atoms with Gasteiger partial charge >= 0.3 is 0 Å². The number of hydrogen-bond donors (Lipinski definition) is 0. The summed E-state index contributed by atoms with van der Waals surface area (Å²) in [6.07, 6.45) is 1.81. The SMILES string of the molecule is CN=c1scc(-c2ccc(Cl)cc2Cl)n1N=Cc1ccc(N(C)C)cc1. The summed E-state index contributed by atoms with van der Waals surface area (Å²) in [6, 6.07) is 13.6. The Kier molecular flexibility index (Phi) is 5.81. The fourth-order valence-electron chi connectivity index (χ4n) is 2.43. The molecule has 0 amide bonds. The van der Waals surface area contributed by atoms with Crippen LogP contribution in [-0.4, -0.2) is 32.0 Å². The van der Waals surface area contributed by atoms with Crippen LogP contribution in [0.2, 0.25) is 10.0 Å². The van der Waals surface area contributed by atoms with Gasteiger partial charge in [0.05, 0.1) is 16.9 Å². The molecule has 3 aromatic rings. The molecule has 0 aliphatic carbocycles. The molecule has 0 radical (unpaired) electrons. The smallest absolute Gasteiger partial charge is 0.205 e. The van der Waals surface area contributed by atoms with Crippen LogP contribution in [-0.2, 0) is 0 Å². The Labute approximate surface area is 166 Å². The highest BCUT2D eigenvalue weighted by atomic mass is 35.5. The minimum absolute atomic E-state index is 0.581. The molecule has 0 saturated carbocycles. The average Bonchev–Trinajstić information content (AvgIpc) is 3.03. The van der Waals surface area contributed by atoms with Crippen molar-refractivity contribution in [3.8, 4) is 11.3 Å². The number of nitrogens with zero attached hydrogens (tertiary/aromatic N) is 4. The highest BCUT2D eigenvalue weighted by Crippen LogP contribution is 2.30. The molecule has 0 N–H and O–H groups in total. The summed E-state index contributed by atoms with van der Waals surface area (Å²) in [4.78, 5) is 7.15. The molecule has 1 heterocycles. The van der Waals surface area contributed by atoms with Gasteiger partial charge in [-0.25, -0.2) is 4.68 Å². The number of halogens is 2. The van der Waals surface area contributed by atoms with Gasteiger partial charge in [0, 0.05) is 42.8 Å². The zero-order valence-corrected chi connectivity index (χ0v) is 17.0. The molecule has 3 rings (SSSR count). The van der Waals surface area contributed by atoms with Crippen LogP contribution in [0.3, 0.4) is 0 Å². The second-order valence-corrected chi connectivity index (χ2v) is 7.47. The highest BCUT2D eigenvalue weighted by Gasteiger charge is 2.11. The van der Waals surface area contributed by atoms with Gasteiger partial charge in [-0.2, -0.15) is 5.10 Å². The molecule has 1 aromatic heterocycles. The molecule has 0 spiro atoms. The summed E-state index contributed by atoms with van der Waals surface area (Å²) in [7, 11) is 5.78. The zero-order chi connectivity index (χ0) is 18.7. The number of thiazole rings is 1. The van der Waals surface area contributed by atoms with Gasteiger partial charge in [0.15, 0.2) is 0 Å². The Morgan fingerprint density at radius 2 is 1.81 bits per heavy atom. The van der Waals surface area contributed by atoms with Crippen molar-refractivity contribution in [2.45, 2.75) is 0 Å². The number of benzene rings is 2. The lowest BCUT2D eigenvalue weighted by atomic mass is 10.2. The van der Waals surface area contributed by atoms with Crippen molar-refractivity contribution < 1.29 is 0 Å². The van der Waals surface area contributed by atoms with Gasteiger partial charge in [-0.15, -0.1) is 11.3 Å². The molecule has 0 aliphatic heterocycles. The van der Waals surface area contributed by atoms with Crippen LogP contribution in [0, 0.1) is 0 Å². The van der Waals surface area contributed by atoms with Crippen molar-refractivity contribution in [2.24, 2.45) is 10.1 Å². The van der Waals surface area contributed by atoms with Crippen LogP contribution < -0.4 is 9.70 Å². The summed E-state index contributed by atoms with van der Waals surface area (Å²) in [6.45, 7) is 0. The molecule has 0 saturated heterocycles. The third-order valence-electron chi connectivity index (χ3n) is 3.82. The molecule has 0 atom stereocenters. The summed E-state index contributed by atoms with van der Waals surface area (Å²) < 4.78 is 1.79. The Balaban J connectivity index is 2.00. The van der Waals surface area contributed by atoms with E-state index in [1.165, 1.54) is 11.3 Å². The van der Waals surface area contributed by atoms with Crippen LogP contribution >= 0.6 is 34.5 Å². The van der Waals surface area contributed by atoms with Crippen LogP contribution in [0.4, 0.5) is 5.69 Å². The van der Waals surface area contributed by atoms with Gasteiger partial charge in [0.1, 0.15) is 0 Å². The molecule has 0 fully saturated rings. The second kappa shape index (κ2) is 8.08. The fraction of sp³-hybridized carbons (Fsp3) is 0.158. The fourth-order valence-corrected chi connectivity index (χ4v) is 3.73. The largest absolute Gasteiger partial charge is 0.378 e. The van der Waals surface area contributed by atoms with Crippen LogP contribution in [0.25, 0.3) is 11.3 Å². The Morgan fingerprint density at radius 3 is 2.42 bits per heavy atom. The number of rotatable bonds is 4. The Bertz CT molecular complexity index is 1000.